The Kier molecular flexibility index (Phi) is 3.31. The summed E-state index contributed by atoms with van der Waals surface area (Å²) in [6.45, 7) is 3.55. The lowest BCUT2D eigenvalue weighted by atomic mass is 9.95. The second kappa shape index (κ2) is 5.16. The summed E-state index contributed by atoms with van der Waals surface area (Å²) in [5.74, 6) is 0. The molecule has 2 aliphatic heterocycles. The maximum absolute atomic E-state index is 3.78. The van der Waals surface area contributed by atoms with Crippen LogP contribution in [0.4, 0.5) is 0 Å². The fourth-order valence-corrected chi connectivity index (χ4v) is 4.91. The molecule has 1 aromatic carbocycles. The Bertz CT molecular complexity index is 472. The molecular weight excluding hydrogens is 244 g/mol. The standard InChI is InChI=1S/C18H26N2/c1-2-20(16-11-14-8-9-15(12-16)19-14)18-10-7-13-5-3-4-6-17(13)18/h3-6,14-16,18-19H,2,7-12H2,1H3. The number of rotatable bonds is 3. The number of benzene rings is 1. The molecule has 108 valence electrons. The molecule has 1 aromatic rings. The van der Waals surface area contributed by atoms with E-state index < -0.39 is 0 Å². The normalized spacial score (nSPS) is 35.5. The molecule has 0 radical (unpaired) electrons. The number of nitrogens with one attached hydrogen (secondary N) is 1. The van der Waals surface area contributed by atoms with Crippen LogP contribution in [0.5, 0.6) is 0 Å². The Morgan fingerprint density at radius 2 is 1.85 bits per heavy atom. The van der Waals surface area contributed by atoms with E-state index in [0.717, 1.165) is 18.1 Å². The van der Waals surface area contributed by atoms with Gasteiger partial charge in [0.2, 0.25) is 0 Å². The highest BCUT2D eigenvalue weighted by molar-refractivity contribution is 5.34. The van der Waals surface area contributed by atoms with Crippen LogP contribution in [0.25, 0.3) is 0 Å². The molecule has 0 saturated carbocycles. The number of hydrogen-bond donors (Lipinski definition) is 1. The number of aryl methyl sites for hydroxylation is 1. The number of hydrogen-bond acceptors (Lipinski definition) is 2. The Morgan fingerprint density at radius 3 is 2.60 bits per heavy atom. The minimum Gasteiger partial charge on any atom is -0.311 e. The Morgan fingerprint density at radius 1 is 1.10 bits per heavy atom. The minimum atomic E-state index is 0.679. The first-order chi connectivity index (χ1) is 9.85. The molecule has 4 rings (SSSR count). The molecule has 2 heterocycles. The zero-order chi connectivity index (χ0) is 13.5. The molecule has 1 aliphatic carbocycles. The highest BCUT2D eigenvalue weighted by Gasteiger charge is 2.39. The molecule has 20 heavy (non-hydrogen) atoms. The van der Waals surface area contributed by atoms with Crippen LogP contribution >= 0.6 is 0 Å². The van der Waals surface area contributed by atoms with Crippen LogP contribution in [0.15, 0.2) is 24.3 Å². The Balaban J connectivity index is 1.57. The molecule has 2 bridgehead atoms. The number of piperidine rings is 1. The molecule has 3 atom stereocenters. The van der Waals surface area contributed by atoms with Crippen LogP contribution in [0.1, 0.15) is 56.2 Å². The van der Waals surface area contributed by atoms with E-state index in [2.05, 4.69) is 41.4 Å². The summed E-state index contributed by atoms with van der Waals surface area (Å²) in [4.78, 5) is 2.82. The van der Waals surface area contributed by atoms with Gasteiger partial charge in [-0.3, -0.25) is 4.90 Å². The molecule has 2 saturated heterocycles. The molecular formula is C18H26N2. The predicted octanol–water partition coefficient (Wildman–Crippen LogP) is 3.28. The third-order valence-corrected chi connectivity index (χ3v) is 5.78. The van der Waals surface area contributed by atoms with Crippen molar-refractivity contribution in [3.05, 3.63) is 35.4 Å². The first-order valence-corrected chi connectivity index (χ1v) is 8.44. The van der Waals surface area contributed by atoms with Crippen molar-refractivity contribution in [2.24, 2.45) is 0 Å². The van der Waals surface area contributed by atoms with Crippen molar-refractivity contribution in [3.8, 4) is 0 Å². The molecule has 2 heteroatoms. The van der Waals surface area contributed by atoms with Crippen LogP contribution in [-0.2, 0) is 6.42 Å². The van der Waals surface area contributed by atoms with Gasteiger partial charge in [0.05, 0.1) is 0 Å². The molecule has 0 aromatic heterocycles. The SMILES string of the molecule is CCN(C1CC2CCC(C1)N2)C1CCc2ccccc21. The number of fused-ring (bicyclic) bond motifs is 3. The lowest BCUT2D eigenvalue weighted by Crippen LogP contribution is -2.49. The average molecular weight is 270 g/mol. The zero-order valence-electron chi connectivity index (χ0n) is 12.5. The summed E-state index contributed by atoms with van der Waals surface area (Å²) >= 11 is 0. The summed E-state index contributed by atoms with van der Waals surface area (Å²) in [5.41, 5.74) is 3.20. The van der Waals surface area contributed by atoms with Crippen LogP contribution in [-0.4, -0.2) is 29.6 Å². The quantitative estimate of drug-likeness (QED) is 0.907. The lowest BCUT2D eigenvalue weighted by molar-refractivity contribution is 0.0995. The molecule has 0 amide bonds. The van der Waals surface area contributed by atoms with E-state index in [1.54, 1.807) is 11.1 Å². The van der Waals surface area contributed by atoms with Crippen molar-refractivity contribution in [1.82, 2.24) is 10.2 Å². The molecule has 2 fully saturated rings. The van der Waals surface area contributed by atoms with Gasteiger partial charge in [0.15, 0.2) is 0 Å². The van der Waals surface area contributed by atoms with E-state index in [-0.39, 0.29) is 0 Å². The van der Waals surface area contributed by atoms with E-state index in [1.807, 2.05) is 0 Å². The molecule has 3 unspecified atom stereocenters. The van der Waals surface area contributed by atoms with Gasteiger partial charge in [-0.1, -0.05) is 31.2 Å². The van der Waals surface area contributed by atoms with E-state index in [4.69, 9.17) is 0 Å². The highest BCUT2D eigenvalue weighted by Crippen LogP contribution is 2.40. The van der Waals surface area contributed by atoms with Gasteiger partial charge in [-0.2, -0.15) is 0 Å². The summed E-state index contributed by atoms with van der Waals surface area (Å²) in [7, 11) is 0. The third-order valence-electron chi connectivity index (χ3n) is 5.78. The van der Waals surface area contributed by atoms with Gasteiger partial charge in [0, 0.05) is 24.2 Å². The Labute approximate surface area is 122 Å². The number of nitrogens with zero attached hydrogens (tertiary/aromatic N) is 1. The maximum atomic E-state index is 3.78. The molecule has 0 spiro atoms. The smallest absolute Gasteiger partial charge is 0.0356 e. The fourth-order valence-electron chi connectivity index (χ4n) is 4.91. The van der Waals surface area contributed by atoms with Crippen molar-refractivity contribution < 1.29 is 0 Å². The van der Waals surface area contributed by atoms with E-state index in [0.29, 0.717) is 6.04 Å². The summed E-state index contributed by atoms with van der Waals surface area (Å²) in [6, 6.07) is 12.2. The van der Waals surface area contributed by atoms with Crippen LogP contribution in [0, 0.1) is 0 Å². The van der Waals surface area contributed by atoms with E-state index in [1.165, 1.54) is 45.1 Å². The first kappa shape index (κ1) is 12.8. The third kappa shape index (κ3) is 2.10. The van der Waals surface area contributed by atoms with Crippen molar-refractivity contribution in [3.63, 3.8) is 0 Å². The van der Waals surface area contributed by atoms with Gasteiger partial charge in [0.1, 0.15) is 0 Å². The zero-order valence-corrected chi connectivity index (χ0v) is 12.5. The van der Waals surface area contributed by atoms with Gasteiger partial charge in [-0.25, -0.2) is 0 Å². The topological polar surface area (TPSA) is 15.3 Å². The second-order valence-electron chi connectivity index (χ2n) is 6.85. The van der Waals surface area contributed by atoms with Gasteiger partial charge in [0.25, 0.3) is 0 Å². The molecule has 2 nitrogen and oxygen atoms in total. The van der Waals surface area contributed by atoms with Crippen molar-refractivity contribution in [2.45, 2.75) is 69.6 Å². The van der Waals surface area contributed by atoms with Crippen molar-refractivity contribution in [1.29, 1.82) is 0 Å². The monoisotopic (exact) mass is 270 g/mol. The van der Waals surface area contributed by atoms with Gasteiger partial charge in [-0.15, -0.1) is 0 Å². The lowest BCUT2D eigenvalue weighted by Gasteiger charge is -2.41. The van der Waals surface area contributed by atoms with Gasteiger partial charge >= 0.3 is 0 Å². The summed E-state index contributed by atoms with van der Waals surface area (Å²) < 4.78 is 0. The molecule has 1 N–H and O–H groups in total. The van der Waals surface area contributed by atoms with Crippen LogP contribution in [0.2, 0.25) is 0 Å². The second-order valence-corrected chi connectivity index (χ2v) is 6.85. The highest BCUT2D eigenvalue weighted by atomic mass is 15.2. The van der Waals surface area contributed by atoms with E-state index in [9.17, 15) is 0 Å². The summed E-state index contributed by atoms with van der Waals surface area (Å²) in [6.07, 6.45) is 8.13. The van der Waals surface area contributed by atoms with Crippen molar-refractivity contribution >= 4 is 0 Å². The molecule has 3 aliphatic rings. The van der Waals surface area contributed by atoms with Gasteiger partial charge in [-0.05, 0) is 56.2 Å². The van der Waals surface area contributed by atoms with Gasteiger partial charge < -0.3 is 5.32 Å². The minimum absolute atomic E-state index is 0.679. The predicted molar refractivity (Wildman–Crippen MR) is 82.9 cm³/mol. The first-order valence-electron chi connectivity index (χ1n) is 8.44. The Hall–Kier alpha value is -0.860. The van der Waals surface area contributed by atoms with Crippen LogP contribution in [0.3, 0.4) is 0 Å². The average Bonchev–Trinajstić information content (AvgIpc) is 3.04. The van der Waals surface area contributed by atoms with Crippen LogP contribution < -0.4 is 5.32 Å². The summed E-state index contributed by atoms with van der Waals surface area (Å²) in [5, 5.41) is 3.78. The van der Waals surface area contributed by atoms with Crippen molar-refractivity contribution in [2.75, 3.05) is 6.54 Å². The maximum Gasteiger partial charge on any atom is 0.0356 e. The fraction of sp³-hybridized carbons (Fsp3) is 0.667. The largest absolute Gasteiger partial charge is 0.311 e. The van der Waals surface area contributed by atoms with E-state index >= 15 is 0 Å².